The number of benzene rings is 11. The van der Waals surface area contributed by atoms with Crippen LogP contribution in [0.1, 0.15) is 55.6 Å². The van der Waals surface area contributed by atoms with Crippen LogP contribution in [0.15, 0.2) is 281 Å². The Morgan fingerprint density at radius 1 is 0.243 bits per heavy atom. The van der Waals surface area contributed by atoms with Crippen molar-refractivity contribution in [1.82, 2.24) is 0 Å². The summed E-state index contributed by atoms with van der Waals surface area (Å²) in [6, 6.07) is 100.0. The summed E-state index contributed by atoms with van der Waals surface area (Å²) in [7, 11) is -1.98. The number of rotatable bonds is 3. The van der Waals surface area contributed by atoms with Gasteiger partial charge in [-0.25, -0.2) is 0 Å². The minimum Gasteiger partial charge on any atom is -0.146 e. The van der Waals surface area contributed by atoms with E-state index in [9.17, 15) is 0 Å². The second kappa shape index (κ2) is 14.7. The molecule has 0 saturated heterocycles. The van der Waals surface area contributed by atoms with Gasteiger partial charge in [0, 0.05) is 0 Å². The molecule has 0 bridgehead atoms. The molecule has 11 aromatic carbocycles. The van der Waals surface area contributed by atoms with Gasteiger partial charge >= 0.3 is 0 Å². The van der Waals surface area contributed by atoms with E-state index >= 15 is 0 Å². The van der Waals surface area contributed by atoms with Crippen molar-refractivity contribution in [3.63, 3.8) is 0 Å². The van der Waals surface area contributed by atoms with Gasteiger partial charge in [0.2, 0.25) is 6.71 Å². The van der Waals surface area contributed by atoms with Crippen molar-refractivity contribution in [3.8, 4) is 44.5 Å². The van der Waals surface area contributed by atoms with Crippen molar-refractivity contribution in [1.29, 1.82) is 0 Å². The summed E-state index contributed by atoms with van der Waals surface area (Å²) >= 11 is 0. The summed E-state index contributed by atoms with van der Waals surface area (Å²) in [5.74, 6) is 0. The summed E-state index contributed by atoms with van der Waals surface area (Å²) in [6.07, 6.45) is 0. The van der Waals surface area contributed by atoms with E-state index in [0.717, 1.165) is 0 Å². The van der Waals surface area contributed by atoms with Gasteiger partial charge in [-0.1, -0.05) is 265 Å². The van der Waals surface area contributed by atoms with Crippen molar-refractivity contribution in [2.75, 3.05) is 0 Å². The van der Waals surface area contributed by atoms with E-state index in [-0.39, 0.29) is 6.71 Å². The average Bonchev–Trinajstić information content (AvgIpc) is 4.25. The van der Waals surface area contributed by atoms with E-state index in [1.54, 1.807) is 0 Å². The highest BCUT2D eigenvalue weighted by Gasteiger charge is 2.55. The normalized spacial score (nSPS) is 16.5. The van der Waals surface area contributed by atoms with Crippen LogP contribution >= 0.6 is 10.0 Å². The predicted octanol–water partition coefficient (Wildman–Crippen LogP) is 15.5. The fourth-order valence-corrected chi connectivity index (χ4v) is 19.1. The highest BCUT2D eigenvalue weighted by atomic mass is 32.3. The van der Waals surface area contributed by atoms with Crippen molar-refractivity contribution < 1.29 is 0 Å². The monoisotopic (exact) mass is 952 g/mol. The maximum Gasteiger partial charge on any atom is 0.244 e. The SMILES string of the molecule is C1=C(c2cccc3c2-c2ccccc2C32c3ccccc3-c3ccccc32)C(c2cccc3c2-c2ccccc2C32c3ccccc3-c3ccccc32)=CS12c1ccccc1B(c1ccccc1)c1ccccc12. The van der Waals surface area contributed by atoms with Gasteiger partial charge in [0.25, 0.3) is 0 Å². The fraction of sp³-hybridized carbons (Fsp3) is 0.0278. The number of hydrogen-bond acceptors (Lipinski definition) is 0. The van der Waals surface area contributed by atoms with Crippen LogP contribution in [0.3, 0.4) is 0 Å². The Balaban J connectivity index is 0.996. The summed E-state index contributed by atoms with van der Waals surface area (Å²) < 4.78 is 0. The molecular formula is C72H45BS. The number of allylic oxidation sites excluding steroid dienone is 2. The molecule has 0 unspecified atom stereocenters. The van der Waals surface area contributed by atoms with Gasteiger partial charge in [-0.3, -0.25) is 0 Å². The zero-order valence-electron chi connectivity index (χ0n) is 40.5. The van der Waals surface area contributed by atoms with Crippen LogP contribution in [0.2, 0.25) is 0 Å². The van der Waals surface area contributed by atoms with Crippen LogP contribution in [0, 0.1) is 0 Å². The number of hydrogen-bond donors (Lipinski definition) is 0. The van der Waals surface area contributed by atoms with E-state index in [4.69, 9.17) is 0 Å². The predicted molar refractivity (Wildman–Crippen MR) is 310 cm³/mol. The molecule has 2 aliphatic heterocycles. The van der Waals surface area contributed by atoms with Crippen LogP contribution in [-0.2, 0) is 10.8 Å². The summed E-state index contributed by atoms with van der Waals surface area (Å²) in [5.41, 5.74) is 29.9. The molecule has 0 aromatic heterocycles. The quantitative estimate of drug-likeness (QED) is 0.155. The third-order valence-electron chi connectivity index (χ3n) is 17.8. The molecule has 0 saturated carbocycles. The molecule has 6 aliphatic rings. The van der Waals surface area contributed by atoms with Crippen LogP contribution in [-0.4, -0.2) is 6.71 Å². The van der Waals surface area contributed by atoms with Crippen LogP contribution < -0.4 is 16.4 Å². The first-order valence-corrected chi connectivity index (χ1v) is 27.8. The standard InChI is InChI=1S/C72H45BS/c1-2-22-46(23-3-1)73-65-40-16-18-42-67(65)74(68-43-19-17-41-66(68)73)44-55(51-30-20-38-63-69(51)53-28-8-14-36-61(53)71(63)57-32-10-4-24-47(57)48-25-5-11-33-58(48)71)56(45-74)52-31-21-39-64-70(52)54-29-9-15-37-62(54)72(64)59-34-12-6-26-49(59)50-27-7-13-35-60(50)72/h1-45H. The Bertz CT molecular complexity index is 3990. The van der Waals surface area contributed by atoms with Crippen molar-refractivity contribution in [2.24, 2.45) is 0 Å². The van der Waals surface area contributed by atoms with Gasteiger partial charge in [0.15, 0.2) is 0 Å². The lowest BCUT2D eigenvalue weighted by Crippen LogP contribution is -2.56. The Labute approximate surface area is 434 Å². The first-order chi connectivity index (χ1) is 36.7. The molecule has 0 amide bonds. The van der Waals surface area contributed by atoms with E-state index in [2.05, 4.69) is 272 Å². The largest absolute Gasteiger partial charge is 0.244 e. The smallest absolute Gasteiger partial charge is 0.146 e. The lowest BCUT2D eigenvalue weighted by atomic mass is 9.36. The molecule has 2 heteroatoms. The molecule has 342 valence electrons. The first-order valence-electron chi connectivity index (χ1n) is 26.1. The zero-order chi connectivity index (χ0) is 48.3. The van der Waals surface area contributed by atoms with E-state index in [1.165, 1.54) is 137 Å². The van der Waals surface area contributed by atoms with Crippen LogP contribution in [0.4, 0.5) is 0 Å². The second-order valence-corrected chi connectivity index (χ2v) is 23.7. The maximum atomic E-state index is 2.77. The van der Waals surface area contributed by atoms with Crippen molar-refractivity contribution >= 4 is 44.3 Å². The molecule has 0 radical (unpaired) electrons. The third kappa shape index (κ3) is 4.84. The minimum atomic E-state index is -1.98. The average molecular weight is 953 g/mol. The molecule has 0 fully saturated rings. The molecule has 0 N–H and O–H groups in total. The molecular weight excluding hydrogens is 908 g/mol. The Hall–Kier alpha value is -8.69. The van der Waals surface area contributed by atoms with Gasteiger partial charge in [-0.2, -0.15) is 0 Å². The van der Waals surface area contributed by atoms with Gasteiger partial charge in [0.05, 0.1) is 10.8 Å². The third-order valence-corrected chi connectivity index (χ3v) is 21.3. The summed E-state index contributed by atoms with van der Waals surface area (Å²) in [5, 5.41) is 5.55. The molecule has 4 aliphatic carbocycles. The highest BCUT2D eigenvalue weighted by molar-refractivity contribution is 8.39. The zero-order valence-corrected chi connectivity index (χ0v) is 41.3. The van der Waals surface area contributed by atoms with Gasteiger partial charge in [-0.05, 0) is 144 Å². The summed E-state index contributed by atoms with van der Waals surface area (Å²) in [4.78, 5) is 2.84. The highest BCUT2D eigenvalue weighted by Crippen LogP contribution is 2.74. The molecule has 3 spiro atoms. The molecule has 17 rings (SSSR count). The van der Waals surface area contributed by atoms with Gasteiger partial charge < -0.3 is 0 Å². The lowest BCUT2D eigenvalue weighted by molar-refractivity contribution is 0.793. The molecule has 0 nitrogen and oxygen atoms in total. The lowest BCUT2D eigenvalue weighted by Gasteiger charge is -2.42. The Morgan fingerprint density at radius 3 is 0.946 bits per heavy atom. The summed E-state index contributed by atoms with van der Waals surface area (Å²) in [6.45, 7) is 0.112. The second-order valence-electron chi connectivity index (χ2n) is 20.9. The molecule has 11 aromatic rings. The fourth-order valence-electron chi connectivity index (χ4n) is 15.3. The van der Waals surface area contributed by atoms with E-state index in [0.29, 0.717) is 0 Å². The van der Waals surface area contributed by atoms with Crippen LogP contribution in [0.5, 0.6) is 0 Å². The Kier molecular flexibility index (Phi) is 8.13. The van der Waals surface area contributed by atoms with Gasteiger partial charge in [0.1, 0.15) is 0 Å². The molecule has 0 atom stereocenters. The van der Waals surface area contributed by atoms with Crippen molar-refractivity contribution in [3.05, 3.63) is 327 Å². The van der Waals surface area contributed by atoms with E-state index < -0.39 is 20.9 Å². The maximum absolute atomic E-state index is 2.77. The van der Waals surface area contributed by atoms with E-state index in [1.807, 2.05) is 0 Å². The molecule has 74 heavy (non-hydrogen) atoms. The van der Waals surface area contributed by atoms with Gasteiger partial charge in [-0.15, -0.1) is 10.0 Å². The Morgan fingerprint density at radius 2 is 0.541 bits per heavy atom. The minimum absolute atomic E-state index is 0.112. The first kappa shape index (κ1) is 40.9. The van der Waals surface area contributed by atoms with Crippen molar-refractivity contribution in [2.45, 2.75) is 20.6 Å². The topological polar surface area (TPSA) is 0 Å². The molecule has 2 heterocycles. The van der Waals surface area contributed by atoms with Crippen LogP contribution in [0.25, 0.3) is 55.7 Å². The number of fused-ring (bicyclic) bond motifs is 24.